The zero-order valence-electron chi connectivity index (χ0n) is 19.4. The Kier molecular flexibility index (Phi) is 7.53. The minimum Gasteiger partial charge on any atom is -0.326 e. The van der Waals surface area contributed by atoms with Crippen molar-refractivity contribution in [2.75, 3.05) is 10.6 Å². The maximum absolute atomic E-state index is 12.9. The molecule has 178 valence electrons. The average molecular weight is 506 g/mol. The Morgan fingerprint density at radius 3 is 2.23 bits per heavy atom. The van der Waals surface area contributed by atoms with Gasteiger partial charge in [0.05, 0.1) is 5.25 Å². The zero-order chi connectivity index (χ0) is 24.9. The van der Waals surface area contributed by atoms with Gasteiger partial charge >= 0.3 is 0 Å². The molecule has 2 N–H and O–H groups in total. The summed E-state index contributed by atoms with van der Waals surface area (Å²) < 4.78 is 1.93. The number of carbonyl (C=O) groups excluding carboxylic acids is 2. The van der Waals surface area contributed by atoms with Crippen LogP contribution in [0.25, 0.3) is 17.1 Å². The van der Waals surface area contributed by atoms with Gasteiger partial charge in [-0.2, -0.15) is 0 Å². The molecule has 1 aromatic heterocycles. The molecule has 0 fully saturated rings. The predicted octanol–water partition coefficient (Wildman–Crippen LogP) is 5.97. The van der Waals surface area contributed by atoms with E-state index in [0.717, 1.165) is 16.8 Å². The first-order valence-electron chi connectivity index (χ1n) is 10.9. The van der Waals surface area contributed by atoms with Gasteiger partial charge in [-0.1, -0.05) is 47.1 Å². The third-order valence-electron chi connectivity index (χ3n) is 5.12. The molecule has 1 unspecified atom stereocenters. The van der Waals surface area contributed by atoms with Gasteiger partial charge in [-0.05, 0) is 68.4 Å². The second-order valence-electron chi connectivity index (χ2n) is 8.00. The van der Waals surface area contributed by atoms with Crippen molar-refractivity contribution in [1.29, 1.82) is 0 Å². The minimum atomic E-state index is -0.453. The molecule has 7 nitrogen and oxygen atoms in total. The number of carbonyl (C=O) groups is 2. The topological polar surface area (TPSA) is 88.9 Å². The van der Waals surface area contributed by atoms with E-state index in [2.05, 4.69) is 20.8 Å². The molecule has 4 rings (SSSR count). The number of nitrogens with one attached hydrogen (secondary N) is 2. The molecule has 9 heteroatoms. The molecule has 0 saturated heterocycles. The molecule has 0 radical (unpaired) electrons. The van der Waals surface area contributed by atoms with Crippen molar-refractivity contribution in [2.45, 2.75) is 31.2 Å². The quantitative estimate of drug-likeness (QED) is 0.302. The van der Waals surface area contributed by atoms with E-state index in [1.165, 1.54) is 18.7 Å². The number of amides is 2. The van der Waals surface area contributed by atoms with Crippen molar-refractivity contribution >= 4 is 46.6 Å². The molecule has 0 saturated carbocycles. The molecular formula is C26H24ClN5O2S. The highest BCUT2D eigenvalue weighted by Crippen LogP contribution is 2.31. The second kappa shape index (κ2) is 10.8. The SMILES string of the molecule is CC(=O)Nc1ccc(NC(=O)C(C)Sc2nnc(-c3cccc(C)c3)n2-c2ccc(Cl)cc2)cc1. The van der Waals surface area contributed by atoms with E-state index in [-0.39, 0.29) is 11.8 Å². The van der Waals surface area contributed by atoms with Crippen LogP contribution in [0.15, 0.2) is 78.0 Å². The lowest BCUT2D eigenvalue weighted by atomic mass is 10.1. The lowest BCUT2D eigenvalue weighted by Crippen LogP contribution is -2.23. The Labute approximate surface area is 212 Å². The van der Waals surface area contributed by atoms with Crippen LogP contribution in [0.4, 0.5) is 11.4 Å². The molecule has 0 aliphatic carbocycles. The van der Waals surface area contributed by atoms with Crippen LogP contribution in [0.1, 0.15) is 19.4 Å². The van der Waals surface area contributed by atoms with Crippen molar-refractivity contribution < 1.29 is 9.59 Å². The van der Waals surface area contributed by atoms with E-state index in [1.807, 2.05) is 66.9 Å². The van der Waals surface area contributed by atoms with Gasteiger partial charge < -0.3 is 10.6 Å². The van der Waals surface area contributed by atoms with Crippen molar-refractivity contribution in [1.82, 2.24) is 14.8 Å². The summed E-state index contributed by atoms with van der Waals surface area (Å²) in [6.45, 7) is 5.29. The molecule has 0 aliphatic heterocycles. The van der Waals surface area contributed by atoms with E-state index in [9.17, 15) is 9.59 Å². The molecule has 35 heavy (non-hydrogen) atoms. The summed E-state index contributed by atoms with van der Waals surface area (Å²) in [5.74, 6) is 0.353. The maximum Gasteiger partial charge on any atom is 0.237 e. The smallest absolute Gasteiger partial charge is 0.237 e. The van der Waals surface area contributed by atoms with Crippen LogP contribution >= 0.6 is 23.4 Å². The predicted molar refractivity (Wildman–Crippen MR) is 141 cm³/mol. The van der Waals surface area contributed by atoms with Crippen LogP contribution in [0.5, 0.6) is 0 Å². The number of nitrogens with zero attached hydrogens (tertiary/aromatic N) is 3. The summed E-state index contributed by atoms with van der Waals surface area (Å²) in [6.07, 6.45) is 0. The Balaban J connectivity index is 1.57. The molecule has 4 aromatic rings. The monoisotopic (exact) mass is 505 g/mol. The molecule has 1 atom stereocenters. The summed E-state index contributed by atoms with van der Waals surface area (Å²) in [5, 5.41) is 15.2. The Bertz CT molecular complexity index is 1350. The van der Waals surface area contributed by atoms with Crippen LogP contribution in [0.3, 0.4) is 0 Å². The number of halogens is 1. The first-order valence-corrected chi connectivity index (χ1v) is 12.2. The van der Waals surface area contributed by atoms with E-state index < -0.39 is 5.25 Å². The largest absolute Gasteiger partial charge is 0.326 e. The lowest BCUT2D eigenvalue weighted by molar-refractivity contribution is -0.115. The third-order valence-corrected chi connectivity index (χ3v) is 6.41. The van der Waals surface area contributed by atoms with E-state index >= 15 is 0 Å². The zero-order valence-corrected chi connectivity index (χ0v) is 21.0. The lowest BCUT2D eigenvalue weighted by Gasteiger charge is -2.14. The van der Waals surface area contributed by atoms with Crippen molar-refractivity contribution in [3.63, 3.8) is 0 Å². The van der Waals surface area contributed by atoms with Gasteiger partial charge in [0, 0.05) is 34.6 Å². The van der Waals surface area contributed by atoms with Gasteiger partial charge in [-0.25, -0.2) is 0 Å². The fourth-order valence-corrected chi connectivity index (χ4v) is 4.43. The van der Waals surface area contributed by atoms with Gasteiger partial charge in [0.1, 0.15) is 0 Å². The van der Waals surface area contributed by atoms with Gasteiger partial charge in [0.2, 0.25) is 11.8 Å². The minimum absolute atomic E-state index is 0.151. The molecule has 3 aromatic carbocycles. The Hall–Kier alpha value is -3.62. The van der Waals surface area contributed by atoms with E-state index in [4.69, 9.17) is 11.6 Å². The highest BCUT2D eigenvalue weighted by Gasteiger charge is 2.22. The highest BCUT2D eigenvalue weighted by atomic mass is 35.5. The Morgan fingerprint density at radius 1 is 0.943 bits per heavy atom. The van der Waals surface area contributed by atoms with E-state index in [1.54, 1.807) is 24.3 Å². The highest BCUT2D eigenvalue weighted by molar-refractivity contribution is 8.00. The summed E-state index contributed by atoms with van der Waals surface area (Å²) in [4.78, 5) is 24.1. The third kappa shape index (κ3) is 6.09. The number of anilines is 2. The fraction of sp³-hybridized carbons (Fsp3) is 0.154. The van der Waals surface area contributed by atoms with Crippen molar-refractivity contribution in [2.24, 2.45) is 0 Å². The summed E-state index contributed by atoms with van der Waals surface area (Å²) in [5.41, 5.74) is 4.18. The van der Waals surface area contributed by atoms with E-state index in [0.29, 0.717) is 27.4 Å². The van der Waals surface area contributed by atoms with Crippen LogP contribution in [-0.4, -0.2) is 31.8 Å². The number of benzene rings is 3. The number of aryl methyl sites for hydroxylation is 1. The van der Waals surface area contributed by atoms with Crippen LogP contribution in [0, 0.1) is 6.92 Å². The van der Waals surface area contributed by atoms with Crippen LogP contribution in [-0.2, 0) is 9.59 Å². The van der Waals surface area contributed by atoms with Crippen LogP contribution < -0.4 is 10.6 Å². The van der Waals surface area contributed by atoms with Crippen LogP contribution in [0.2, 0.25) is 5.02 Å². The van der Waals surface area contributed by atoms with Gasteiger partial charge in [0.25, 0.3) is 0 Å². The van der Waals surface area contributed by atoms with Gasteiger partial charge in [-0.3, -0.25) is 14.2 Å². The standard InChI is InChI=1S/C26H24ClN5O2S/c1-16-5-4-6-19(15-16)24-30-31-26(32(24)23-13-7-20(27)8-14-23)35-17(2)25(34)29-22-11-9-21(10-12-22)28-18(3)33/h4-15,17H,1-3H3,(H,28,33)(H,29,34). The first-order chi connectivity index (χ1) is 16.8. The summed E-state index contributed by atoms with van der Waals surface area (Å²) >= 11 is 7.42. The summed E-state index contributed by atoms with van der Waals surface area (Å²) in [6, 6.07) is 22.4. The molecule has 1 heterocycles. The number of thioether (sulfide) groups is 1. The summed E-state index contributed by atoms with van der Waals surface area (Å²) in [7, 11) is 0. The average Bonchev–Trinajstić information content (AvgIpc) is 3.24. The molecule has 0 aliphatic rings. The van der Waals surface area contributed by atoms with Crippen molar-refractivity contribution in [3.05, 3.63) is 83.4 Å². The second-order valence-corrected chi connectivity index (χ2v) is 9.74. The number of hydrogen-bond acceptors (Lipinski definition) is 5. The Morgan fingerprint density at radius 2 is 1.60 bits per heavy atom. The van der Waals surface area contributed by atoms with Gasteiger partial charge in [-0.15, -0.1) is 10.2 Å². The number of rotatable bonds is 7. The van der Waals surface area contributed by atoms with Crippen molar-refractivity contribution in [3.8, 4) is 17.1 Å². The molecule has 0 bridgehead atoms. The van der Waals surface area contributed by atoms with Gasteiger partial charge in [0.15, 0.2) is 11.0 Å². The number of aromatic nitrogens is 3. The fourth-order valence-electron chi connectivity index (χ4n) is 3.44. The first kappa shape index (κ1) is 24.5. The molecular weight excluding hydrogens is 482 g/mol. The molecule has 0 spiro atoms. The molecule has 2 amide bonds. The normalized spacial score (nSPS) is 11.7. The maximum atomic E-state index is 12.9. The number of hydrogen-bond donors (Lipinski definition) is 2.